The van der Waals surface area contributed by atoms with Crippen LogP contribution >= 0.6 is 15.9 Å². The Balaban J connectivity index is 3.99. The SMILES string of the molecule is CC(C)(Br)C(=O)NC(N)=O. The molecule has 0 atom stereocenters. The second-order valence-electron chi connectivity index (χ2n) is 2.29. The van der Waals surface area contributed by atoms with Crippen LogP contribution in [0.15, 0.2) is 0 Å². The van der Waals surface area contributed by atoms with Crippen LogP contribution in [0.1, 0.15) is 13.8 Å². The van der Waals surface area contributed by atoms with Gasteiger partial charge in [-0.25, -0.2) is 4.79 Å². The molecule has 3 N–H and O–H groups in total. The van der Waals surface area contributed by atoms with E-state index in [0.29, 0.717) is 0 Å². The number of alkyl halides is 1. The van der Waals surface area contributed by atoms with E-state index in [4.69, 9.17) is 5.73 Å². The molecule has 0 aromatic heterocycles. The van der Waals surface area contributed by atoms with Crippen molar-refractivity contribution in [2.45, 2.75) is 18.2 Å². The number of rotatable bonds is 1. The van der Waals surface area contributed by atoms with Crippen LogP contribution in [0, 0.1) is 0 Å². The number of nitrogens with one attached hydrogen (secondary N) is 1. The van der Waals surface area contributed by atoms with Gasteiger partial charge in [0.15, 0.2) is 0 Å². The first kappa shape index (κ1) is 9.42. The second kappa shape index (κ2) is 3.01. The Morgan fingerprint density at radius 3 is 2.00 bits per heavy atom. The summed E-state index contributed by atoms with van der Waals surface area (Å²) in [5.41, 5.74) is 4.70. The summed E-state index contributed by atoms with van der Waals surface area (Å²) in [5.74, 6) is -0.444. The molecule has 5 heteroatoms. The molecule has 0 radical (unpaired) electrons. The predicted molar refractivity (Wildman–Crippen MR) is 40.7 cm³/mol. The van der Waals surface area contributed by atoms with Crippen LogP contribution in [0.25, 0.3) is 0 Å². The van der Waals surface area contributed by atoms with Crippen LogP contribution in [-0.2, 0) is 4.79 Å². The molecule has 0 spiro atoms. The third kappa shape index (κ3) is 3.45. The summed E-state index contributed by atoms with van der Waals surface area (Å²) in [4.78, 5) is 20.9. The van der Waals surface area contributed by atoms with E-state index in [0.717, 1.165) is 0 Å². The molecule has 0 aliphatic carbocycles. The van der Waals surface area contributed by atoms with Gasteiger partial charge in [0.25, 0.3) is 0 Å². The molecule has 0 bridgehead atoms. The van der Waals surface area contributed by atoms with Crippen molar-refractivity contribution < 1.29 is 9.59 Å². The lowest BCUT2D eigenvalue weighted by atomic mass is 10.2. The van der Waals surface area contributed by atoms with Gasteiger partial charge < -0.3 is 5.73 Å². The Morgan fingerprint density at radius 1 is 1.50 bits per heavy atom. The zero-order valence-corrected chi connectivity index (χ0v) is 7.36. The minimum Gasteiger partial charge on any atom is -0.351 e. The summed E-state index contributed by atoms with van der Waals surface area (Å²) in [6.45, 7) is 3.23. The molecule has 0 unspecified atom stereocenters. The van der Waals surface area contributed by atoms with E-state index >= 15 is 0 Å². The monoisotopic (exact) mass is 208 g/mol. The Labute approximate surface area is 67.3 Å². The van der Waals surface area contributed by atoms with E-state index in [-0.39, 0.29) is 0 Å². The lowest BCUT2D eigenvalue weighted by Gasteiger charge is -2.12. The van der Waals surface area contributed by atoms with E-state index < -0.39 is 16.3 Å². The van der Waals surface area contributed by atoms with E-state index in [1.54, 1.807) is 13.8 Å². The minimum absolute atomic E-state index is 0.444. The van der Waals surface area contributed by atoms with Gasteiger partial charge in [-0.1, -0.05) is 15.9 Å². The molecule has 0 fully saturated rings. The fourth-order valence-corrected chi connectivity index (χ4v) is 0.360. The van der Waals surface area contributed by atoms with Crippen molar-refractivity contribution in [3.05, 3.63) is 0 Å². The average molecular weight is 209 g/mol. The highest BCUT2D eigenvalue weighted by Gasteiger charge is 2.24. The highest BCUT2D eigenvalue weighted by Crippen LogP contribution is 2.14. The van der Waals surface area contributed by atoms with Gasteiger partial charge in [-0.15, -0.1) is 0 Å². The fourth-order valence-electron chi connectivity index (χ4n) is 0.261. The van der Waals surface area contributed by atoms with Crippen LogP contribution in [0.2, 0.25) is 0 Å². The number of imide groups is 1. The van der Waals surface area contributed by atoms with E-state index in [9.17, 15) is 9.59 Å². The molecular weight excluding hydrogens is 200 g/mol. The topological polar surface area (TPSA) is 72.2 Å². The van der Waals surface area contributed by atoms with Gasteiger partial charge in [0.2, 0.25) is 5.91 Å². The van der Waals surface area contributed by atoms with Gasteiger partial charge in [-0.3, -0.25) is 10.1 Å². The standard InChI is InChI=1S/C5H9BrN2O2/c1-5(2,6)3(9)8-4(7)10/h1-2H3,(H3,7,8,9,10). The minimum atomic E-state index is -0.836. The van der Waals surface area contributed by atoms with Crippen LogP contribution in [0.5, 0.6) is 0 Å². The van der Waals surface area contributed by atoms with Crippen LogP contribution in [0.4, 0.5) is 4.79 Å². The van der Waals surface area contributed by atoms with Crippen molar-refractivity contribution in [3.63, 3.8) is 0 Å². The highest BCUT2D eigenvalue weighted by atomic mass is 79.9. The molecule has 4 nitrogen and oxygen atoms in total. The highest BCUT2D eigenvalue weighted by molar-refractivity contribution is 9.10. The third-order valence-electron chi connectivity index (χ3n) is 0.777. The normalized spacial score (nSPS) is 10.7. The third-order valence-corrected chi connectivity index (χ3v) is 1.14. The van der Waals surface area contributed by atoms with Crippen LogP contribution < -0.4 is 11.1 Å². The Morgan fingerprint density at radius 2 is 1.90 bits per heavy atom. The number of primary amides is 1. The van der Waals surface area contributed by atoms with Crippen molar-refractivity contribution in [1.29, 1.82) is 0 Å². The Hall–Kier alpha value is -0.580. The molecule has 0 aromatic carbocycles. The maximum atomic E-state index is 10.8. The first-order chi connectivity index (χ1) is 4.34. The quantitative estimate of drug-likeness (QED) is 0.611. The molecule has 58 valence electrons. The van der Waals surface area contributed by atoms with Crippen LogP contribution in [0.3, 0.4) is 0 Å². The largest absolute Gasteiger partial charge is 0.351 e. The zero-order chi connectivity index (χ0) is 8.36. The maximum Gasteiger partial charge on any atom is 0.318 e. The zero-order valence-electron chi connectivity index (χ0n) is 5.77. The first-order valence-electron chi connectivity index (χ1n) is 2.64. The summed E-state index contributed by atoms with van der Waals surface area (Å²) < 4.78 is -0.748. The number of halogens is 1. The van der Waals surface area contributed by atoms with Crippen molar-refractivity contribution >= 4 is 27.9 Å². The van der Waals surface area contributed by atoms with Crippen molar-refractivity contribution in [1.82, 2.24) is 5.32 Å². The number of carbonyl (C=O) groups is 2. The second-order valence-corrected chi connectivity index (χ2v) is 4.27. The first-order valence-corrected chi connectivity index (χ1v) is 3.43. The molecule has 0 saturated carbocycles. The van der Waals surface area contributed by atoms with Crippen molar-refractivity contribution in [2.24, 2.45) is 5.73 Å². The number of nitrogens with two attached hydrogens (primary N) is 1. The molecule has 0 saturated heterocycles. The lowest BCUT2D eigenvalue weighted by Crippen LogP contribution is -2.43. The smallest absolute Gasteiger partial charge is 0.318 e. The average Bonchev–Trinajstić information content (AvgIpc) is 1.60. The summed E-state index contributed by atoms with van der Waals surface area (Å²) >= 11 is 3.05. The predicted octanol–water partition coefficient (Wildman–Crippen LogP) is 0.355. The molecule has 0 aliphatic heterocycles. The molecule has 10 heavy (non-hydrogen) atoms. The van der Waals surface area contributed by atoms with Gasteiger partial charge >= 0.3 is 6.03 Å². The number of carbonyl (C=O) groups excluding carboxylic acids is 2. The van der Waals surface area contributed by atoms with Gasteiger partial charge in [0.05, 0.1) is 4.32 Å². The summed E-state index contributed by atoms with van der Waals surface area (Å²) in [6.07, 6.45) is 0. The molecular formula is C5H9BrN2O2. The lowest BCUT2D eigenvalue weighted by molar-refractivity contribution is -0.121. The number of hydrogen-bond donors (Lipinski definition) is 2. The molecule has 3 amide bonds. The van der Waals surface area contributed by atoms with Gasteiger partial charge in [-0.05, 0) is 13.8 Å². The van der Waals surface area contributed by atoms with Crippen LogP contribution in [-0.4, -0.2) is 16.3 Å². The van der Waals surface area contributed by atoms with E-state index in [1.165, 1.54) is 0 Å². The molecule has 0 heterocycles. The van der Waals surface area contributed by atoms with Gasteiger partial charge in [0, 0.05) is 0 Å². The van der Waals surface area contributed by atoms with Crippen molar-refractivity contribution in [3.8, 4) is 0 Å². The Bertz CT molecular complexity index is 162. The van der Waals surface area contributed by atoms with Gasteiger partial charge in [-0.2, -0.15) is 0 Å². The maximum absolute atomic E-state index is 10.8. The van der Waals surface area contributed by atoms with Crippen molar-refractivity contribution in [2.75, 3.05) is 0 Å². The van der Waals surface area contributed by atoms with E-state index in [1.807, 2.05) is 5.32 Å². The fraction of sp³-hybridized carbons (Fsp3) is 0.600. The number of amides is 3. The summed E-state index contributed by atoms with van der Waals surface area (Å²) in [5, 5.41) is 1.94. The summed E-state index contributed by atoms with van der Waals surface area (Å²) in [6, 6.07) is -0.836. The summed E-state index contributed by atoms with van der Waals surface area (Å²) in [7, 11) is 0. The number of urea groups is 1. The van der Waals surface area contributed by atoms with E-state index in [2.05, 4.69) is 15.9 Å². The van der Waals surface area contributed by atoms with Gasteiger partial charge in [0.1, 0.15) is 0 Å². The number of hydrogen-bond acceptors (Lipinski definition) is 2. The Kier molecular flexibility index (Phi) is 2.83. The molecule has 0 aliphatic rings. The molecule has 0 rings (SSSR count). The molecule has 0 aromatic rings.